The number of halogens is 4. The number of amides is 1. The lowest BCUT2D eigenvalue weighted by molar-refractivity contribution is -0.274. The van der Waals surface area contributed by atoms with Crippen molar-refractivity contribution in [1.82, 2.24) is 15.1 Å². The van der Waals surface area contributed by atoms with E-state index in [-0.39, 0.29) is 18.3 Å². The van der Waals surface area contributed by atoms with Gasteiger partial charge in [-0.3, -0.25) is 4.79 Å². The Hall–Kier alpha value is -1.82. The molecular formula is C17H17F3IN3O3. The van der Waals surface area contributed by atoms with Crippen LogP contribution < -0.4 is 10.1 Å². The van der Waals surface area contributed by atoms with Crippen molar-refractivity contribution < 1.29 is 27.4 Å². The van der Waals surface area contributed by atoms with Crippen molar-refractivity contribution in [2.75, 3.05) is 6.61 Å². The van der Waals surface area contributed by atoms with Gasteiger partial charge in [-0.05, 0) is 60.1 Å². The van der Waals surface area contributed by atoms with Crippen molar-refractivity contribution in [2.24, 2.45) is 0 Å². The molecule has 1 N–H and O–H groups in total. The molecule has 1 unspecified atom stereocenters. The molecule has 2 aromatic rings. The molecule has 146 valence electrons. The molecule has 0 radical (unpaired) electrons. The maximum absolute atomic E-state index is 12.5. The number of hydrogen-bond donors (Lipinski definition) is 1. The van der Waals surface area contributed by atoms with Gasteiger partial charge in [0.25, 0.3) is 5.91 Å². The summed E-state index contributed by atoms with van der Waals surface area (Å²) >= 11 is 2.13. The predicted octanol–water partition coefficient (Wildman–Crippen LogP) is 4.02. The molecular weight excluding hydrogens is 478 g/mol. The van der Waals surface area contributed by atoms with Crippen LogP contribution in [0, 0.1) is 3.70 Å². The van der Waals surface area contributed by atoms with Crippen LogP contribution in [0.1, 0.15) is 41.5 Å². The van der Waals surface area contributed by atoms with Crippen LogP contribution in [0.2, 0.25) is 0 Å². The van der Waals surface area contributed by atoms with Crippen LogP contribution in [0.15, 0.2) is 30.3 Å². The van der Waals surface area contributed by atoms with E-state index in [2.05, 4.69) is 37.7 Å². The normalized spacial score (nSPS) is 17.6. The zero-order valence-electron chi connectivity index (χ0n) is 14.1. The quantitative estimate of drug-likeness (QED) is 0.637. The summed E-state index contributed by atoms with van der Waals surface area (Å²) in [6.45, 7) is 0.761. The van der Waals surface area contributed by atoms with E-state index in [1.54, 1.807) is 10.7 Å². The van der Waals surface area contributed by atoms with Crippen molar-refractivity contribution in [2.45, 2.75) is 38.4 Å². The first-order valence-corrected chi connectivity index (χ1v) is 9.40. The van der Waals surface area contributed by atoms with Crippen molar-refractivity contribution in [3.8, 4) is 5.75 Å². The van der Waals surface area contributed by atoms with E-state index in [1.165, 1.54) is 18.2 Å². The number of para-hydroxylation sites is 1. The lowest BCUT2D eigenvalue weighted by atomic mass is 10.2. The largest absolute Gasteiger partial charge is 0.573 e. The number of aromatic nitrogens is 2. The molecule has 2 heterocycles. The zero-order chi connectivity index (χ0) is 19.4. The van der Waals surface area contributed by atoms with E-state index >= 15 is 0 Å². The van der Waals surface area contributed by atoms with Gasteiger partial charge in [0.05, 0.1) is 17.8 Å². The van der Waals surface area contributed by atoms with Gasteiger partial charge in [0.1, 0.15) is 9.45 Å². The zero-order valence-corrected chi connectivity index (χ0v) is 16.3. The average molecular weight is 495 g/mol. The molecule has 27 heavy (non-hydrogen) atoms. The Morgan fingerprint density at radius 3 is 2.85 bits per heavy atom. The Morgan fingerprint density at radius 1 is 1.37 bits per heavy atom. The molecule has 3 rings (SSSR count). The predicted molar refractivity (Wildman–Crippen MR) is 98.1 cm³/mol. The summed E-state index contributed by atoms with van der Waals surface area (Å²) in [6.07, 6.45) is -2.05. The molecule has 6 nitrogen and oxygen atoms in total. The maximum atomic E-state index is 12.5. The minimum absolute atomic E-state index is 0.0783. The molecule has 1 atom stereocenters. The highest BCUT2D eigenvalue weighted by molar-refractivity contribution is 14.1. The molecule has 10 heteroatoms. The van der Waals surface area contributed by atoms with Crippen LogP contribution in [-0.4, -0.2) is 28.7 Å². The van der Waals surface area contributed by atoms with Crippen LogP contribution in [0.25, 0.3) is 0 Å². The van der Waals surface area contributed by atoms with Crippen molar-refractivity contribution in [1.29, 1.82) is 0 Å². The Kier molecular flexibility index (Phi) is 6.25. The van der Waals surface area contributed by atoms with Gasteiger partial charge in [-0.25, -0.2) is 4.68 Å². The third-order valence-corrected chi connectivity index (χ3v) is 4.76. The van der Waals surface area contributed by atoms with E-state index in [1.807, 2.05) is 0 Å². The fraction of sp³-hybridized carbons (Fsp3) is 0.412. The third-order valence-electron chi connectivity index (χ3n) is 3.96. The summed E-state index contributed by atoms with van der Waals surface area (Å²) in [5.41, 5.74) is 0.399. The number of ether oxygens (including phenoxy) is 2. The minimum atomic E-state index is -4.87. The first-order valence-electron chi connectivity index (χ1n) is 8.32. The van der Waals surface area contributed by atoms with Gasteiger partial charge in [0.15, 0.2) is 6.23 Å². The van der Waals surface area contributed by atoms with Gasteiger partial charge in [0.2, 0.25) is 0 Å². The van der Waals surface area contributed by atoms with E-state index < -0.39 is 18.0 Å². The number of alkyl halides is 3. The van der Waals surface area contributed by atoms with Crippen molar-refractivity contribution in [3.05, 3.63) is 45.3 Å². The molecule has 0 bridgehead atoms. The third kappa shape index (κ3) is 5.34. The number of benzene rings is 1. The number of rotatable bonds is 5. The van der Waals surface area contributed by atoms with Gasteiger partial charge < -0.3 is 14.8 Å². The van der Waals surface area contributed by atoms with Crippen molar-refractivity contribution >= 4 is 28.5 Å². The summed E-state index contributed by atoms with van der Waals surface area (Å²) in [5.74, 6) is -1.22. The minimum Gasteiger partial charge on any atom is -0.405 e. The fourth-order valence-corrected chi connectivity index (χ4v) is 3.54. The summed E-state index contributed by atoms with van der Waals surface area (Å²) in [5, 5.41) is 7.02. The van der Waals surface area contributed by atoms with Gasteiger partial charge >= 0.3 is 6.36 Å². The van der Waals surface area contributed by atoms with Crippen LogP contribution >= 0.6 is 22.6 Å². The van der Waals surface area contributed by atoms with E-state index in [0.29, 0.717) is 12.3 Å². The molecule has 1 aliphatic rings. The molecule has 1 aromatic heterocycles. The van der Waals surface area contributed by atoms with Crippen LogP contribution in [0.5, 0.6) is 5.75 Å². The molecule has 0 saturated carbocycles. The average Bonchev–Trinajstić information content (AvgIpc) is 3.00. The van der Waals surface area contributed by atoms with E-state index in [4.69, 9.17) is 4.74 Å². The lowest BCUT2D eigenvalue weighted by Gasteiger charge is -2.23. The molecule has 1 saturated heterocycles. The second-order valence-corrected chi connectivity index (χ2v) is 7.06. The number of hydrogen-bond acceptors (Lipinski definition) is 4. The van der Waals surface area contributed by atoms with Crippen LogP contribution in [0.3, 0.4) is 0 Å². The summed E-state index contributed by atoms with van der Waals surface area (Å²) in [6, 6.07) is 7.01. The SMILES string of the molecule is O=C(NCc1cc(I)n(C2CCCCO2)n1)c1ccccc1OC(F)(F)F. The lowest BCUT2D eigenvalue weighted by Crippen LogP contribution is -2.26. The highest BCUT2D eigenvalue weighted by Gasteiger charge is 2.32. The monoisotopic (exact) mass is 495 g/mol. The number of carbonyl (C=O) groups is 1. The molecule has 0 aliphatic carbocycles. The van der Waals surface area contributed by atoms with Crippen LogP contribution in [-0.2, 0) is 11.3 Å². The summed E-state index contributed by atoms with van der Waals surface area (Å²) in [4.78, 5) is 12.3. The van der Waals surface area contributed by atoms with E-state index in [0.717, 1.165) is 29.0 Å². The van der Waals surface area contributed by atoms with Crippen LogP contribution in [0.4, 0.5) is 13.2 Å². The summed E-state index contributed by atoms with van der Waals surface area (Å²) in [7, 11) is 0. The first kappa shape index (κ1) is 19.9. The molecule has 1 fully saturated rings. The summed E-state index contributed by atoms with van der Waals surface area (Å²) < 4.78 is 49.7. The van der Waals surface area contributed by atoms with Crippen molar-refractivity contribution in [3.63, 3.8) is 0 Å². The Bertz CT molecular complexity index is 804. The molecule has 1 amide bonds. The number of nitrogens with one attached hydrogen (secondary N) is 1. The topological polar surface area (TPSA) is 65.4 Å². The first-order chi connectivity index (χ1) is 12.8. The second-order valence-electron chi connectivity index (χ2n) is 5.95. The molecule has 1 aliphatic heterocycles. The maximum Gasteiger partial charge on any atom is 0.573 e. The number of carbonyl (C=O) groups excluding carboxylic acids is 1. The highest BCUT2D eigenvalue weighted by Crippen LogP contribution is 2.27. The number of nitrogens with zero attached hydrogens (tertiary/aromatic N) is 2. The molecule has 1 aromatic carbocycles. The Labute approximate surface area is 167 Å². The molecule has 0 spiro atoms. The fourth-order valence-electron chi connectivity index (χ4n) is 2.76. The van der Waals surface area contributed by atoms with Gasteiger partial charge in [-0.15, -0.1) is 13.2 Å². The second kappa shape index (κ2) is 8.46. The van der Waals surface area contributed by atoms with Gasteiger partial charge in [0, 0.05) is 6.61 Å². The standard InChI is InChI=1S/C17H17F3IN3O3/c18-17(19,20)27-13-6-2-1-5-12(13)16(25)22-10-11-9-14(21)24(23-11)15-7-3-4-8-26-15/h1-2,5-6,9,15H,3-4,7-8,10H2,(H,22,25). The smallest absolute Gasteiger partial charge is 0.405 e. The van der Waals surface area contributed by atoms with E-state index in [9.17, 15) is 18.0 Å². The highest BCUT2D eigenvalue weighted by atomic mass is 127. The van der Waals surface area contributed by atoms with Gasteiger partial charge in [-0.2, -0.15) is 5.10 Å². The Balaban J connectivity index is 1.66. The Morgan fingerprint density at radius 2 is 2.15 bits per heavy atom. The van der Waals surface area contributed by atoms with Gasteiger partial charge in [-0.1, -0.05) is 12.1 Å².